The van der Waals surface area contributed by atoms with Crippen molar-refractivity contribution >= 4 is 11.8 Å². The van der Waals surface area contributed by atoms with Gasteiger partial charge in [0.2, 0.25) is 0 Å². The molecule has 0 unspecified atom stereocenters. The fraction of sp³-hybridized carbons (Fsp3) is 0.286. The highest BCUT2D eigenvalue weighted by atomic mass is 32.2. The maximum atomic E-state index is 11.2. The molecule has 126 valence electrons. The van der Waals surface area contributed by atoms with E-state index in [0.29, 0.717) is 0 Å². The van der Waals surface area contributed by atoms with Gasteiger partial charge in [-0.3, -0.25) is 0 Å². The Balaban J connectivity index is 1.60. The zero-order chi connectivity index (χ0) is 17.0. The summed E-state index contributed by atoms with van der Waals surface area (Å²) in [6.07, 6.45) is 7.51. The lowest BCUT2D eigenvalue weighted by Crippen LogP contribution is -2.28. The van der Waals surface area contributed by atoms with Crippen molar-refractivity contribution in [3.8, 4) is 11.3 Å². The van der Waals surface area contributed by atoms with Crippen molar-refractivity contribution < 1.29 is 5.11 Å². The minimum absolute atomic E-state index is 0.162. The van der Waals surface area contributed by atoms with Crippen LogP contribution in [-0.4, -0.2) is 20.9 Å². The van der Waals surface area contributed by atoms with E-state index < -0.39 is 6.10 Å². The number of nitrogens with zero attached hydrogens (tertiary/aromatic N) is 2. The van der Waals surface area contributed by atoms with Gasteiger partial charge in [0.15, 0.2) is 0 Å². The number of aliphatic hydroxyl groups excluding tert-OH is 1. The van der Waals surface area contributed by atoms with Crippen LogP contribution in [0.15, 0.2) is 59.9 Å². The number of hydrogen-bond acceptors (Lipinski definition) is 3. The third-order valence-corrected chi connectivity index (χ3v) is 6.48. The maximum Gasteiger partial charge on any atom is 0.0956 e. The van der Waals surface area contributed by atoms with Crippen LogP contribution in [0.1, 0.15) is 35.3 Å². The molecule has 2 aliphatic rings. The Morgan fingerprint density at radius 2 is 2.04 bits per heavy atom. The monoisotopic (exact) mass is 348 g/mol. The summed E-state index contributed by atoms with van der Waals surface area (Å²) in [6, 6.07) is 15.2. The van der Waals surface area contributed by atoms with Crippen molar-refractivity contribution in [2.24, 2.45) is 5.92 Å². The number of imidazole rings is 1. The molecule has 3 aromatic rings. The minimum Gasteiger partial charge on any atom is -0.388 e. The number of thioether (sulfide) groups is 1. The second-order valence-corrected chi connectivity index (χ2v) is 7.81. The summed E-state index contributed by atoms with van der Waals surface area (Å²) in [7, 11) is 0. The van der Waals surface area contributed by atoms with Crippen molar-refractivity contribution in [3.63, 3.8) is 0 Å². The van der Waals surface area contributed by atoms with Gasteiger partial charge in [0, 0.05) is 16.4 Å². The van der Waals surface area contributed by atoms with Gasteiger partial charge in [0.25, 0.3) is 0 Å². The van der Waals surface area contributed by atoms with Crippen LogP contribution in [0.5, 0.6) is 0 Å². The van der Waals surface area contributed by atoms with Crippen molar-refractivity contribution in [3.05, 3.63) is 71.7 Å². The fourth-order valence-corrected chi connectivity index (χ4v) is 5.00. The van der Waals surface area contributed by atoms with E-state index in [1.54, 1.807) is 11.8 Å². The van der Waals surface area contributed by atoms with E-state index >= 15 is 0 Å². The summed E-state index contributed by atoms with van der Waals surface area (Å²) >= 11 is 1.73. The molecule has 2 aromatic carbocycles. The van der Waals surface area contributed by atoms with E-state index in [-0.39, 0.29) is 12.0 Å². The maximum absolute atomic E-state index is 11.2. The molecule has 4 heteroatoms. The molecule has 0 saturated carbocycles. The van der Waals surface area contributed by atoms with Gasteiger partial charge in [-0.1, -0.05) is 30.3 Å². The molecule has 2 heterocycles. The lowest BCUT2D eigenvalue weighted by atomic mass is 9.76. The predicted octanol–water partition coefficient (Wildman–Crippen LogP) is 4.47. The molecule has 0 radical (unpaired) electrons. The molecule has 0 amide bonds. The van der Waals surface area contributed by atoms with Gasteiger partial charge in [-0.05, 0) is 47.9 Å². The largest absolute Gasteiger partial charge is 0.388 e. The number of rotatable bonds is 2. The molecule has 3 nitrogen and oxygen atoms in total. The molecule has 5 rings (SSSR count). The van der Waals surface area contributed by atoms with Crippen molar-refractivity contribution in [2.75, 3.05) is 6.26 Å². The van der Waals surface area contributed by atoms with Gasteiger partial charge >= 0.3 is 0 Å². The van der Waals surface area contributed by atoms with Crippen LogP contribution in [0, 0.1) is 5.92 Å². The second-order valence-electron chi connectivity index (χ2n) is 6.93. The Labute approximate surface area is 151 Å². The highest BCUT2D eigenvalue weighted by molar-refractivity contribution is 7.98. The molecule has 25 heavy (non-hydrogen) atoms. The molecule has 0 fully saturated rings. The first-order chi connectivity index (χ1) is 12.3. The smallest absolute Gasteiger partial charge is 0.0956 e. The third-order valence-electron chi connectivity index (χ3n) is 5.75. The number of aromatic nitrogens is 2. The van der Waals surface area contributed by atoms with Crippen LogP contribution in [0.4, 0.5) is 0 Å². The van der Waals surface area contributed by atoms with E-state index in [0.717, 1.165) is 24.1 Å². The van der Waals surface area contributed by atoms with Crippen LogP contribution < -0.4 is 0 Å². The van der Waals surface area contributed by atoms with Crippen LogP contribution in [0.3, 0.4) is 0 Å². The van der Waals surface area contributed by atoms with Crippen LogP contribution in [-0.2, 0) is 6.42 Å². The summed E-state index contributed by atoms with van der Waals surface area (Å²) in [5.41, 5.74) is 6.12. The Bertz CT molecular complexity index is 949. The number of aliphatic hydroxyl groups is 1. The molecular weight excluding hydrogens is 328 g/mol. The Hall–Kier alpha value is -2.04. The highest BCUT2D eigenvalue weighted by Gasteiger charge is 2.40. The van der Waals surface area contributed by atoms with E-state index in [1.807, 2.05) is 12.5 Å². The topological polar surface area (TPSA) is 38.1 Å². The second kappa shape index (κ2) is 5.75. The van der Waals surface area contributed by atoms with Gasteiger partial charge in [-0.15, -0.1) is 11.8 Å². The number of benzene rings is 2. The molecule has 1 aliphatic heterocycles. The number of fused-ring (bicyclic) bond motifs is 4. The fourth-order valence-electron chi connectivity index (χ4n) is 4.55. The molecule has 0 saturated heterocycles. The zero-order valence-electron chi connectivity index (χ0n) is 14.1. The normalized spacial score (nSPS) is 23.8. The molecular formula is C21H20N2OS. The first-order valence-corrected chi connectivity index (χ1v) is 9.96. The van der Waals surface area contributed by atoms with Crippen LogP contribution >= 0.6 is 11.8 Å². The van der Waals surface area contributed by atoms with Gasteiger partial charge in [-0.25, -0.2) is 4.98 Å². The highest BCUT2D eigenvalue weighted by Crippen LogP contribution is 2.50. The van der Waals surface area contributed by atoms with Crippen LogP contribution in [0.2, 0.25) is 0 Å². The molecule has 1 aromatic heterocycles. The third kappa shape index (κ3) is 2.21. The summed E-state index contributed by atoms with van der Waals surface area (Å²) in [5, 5.41) is 11.2. The zero-order valence-corrected chi connectivity index (χ0v) is 14.9. The lowest BCUT2D eigenvalue weighted by molar-refractivity contribution is 0.0718. The molecule has 1 aliphatic carbocycles. The van der Waals surface area contributed by atoms with E-state index in [1.165, 1.54) is 21.6 Å². The molecule has 0 spiro atoms. The summed E-state index contributed by atoms with van der Waals surface area (Å²) in [5.74, 6) is 0.168. The summed E-state index contributed by atoms with van der Waals surface area (Å²) in [6.45, 7) is 0. The van der Waals surface area contributed by atoms with Crippen molar-refractivity contribution in [1.29, 1.82) is 0 Å². The lowest BCUT2D eigenvalue weighted by Gasteiger charge is -2.35. The van der Waals surface area contributed by atoms with Crippen molar-refractivity contribution in [2.45, 2.75) is 29.9 Å². The standard InChI is InChI=1S/C21H20N2OS/c1-25-14-8-6-13-7-9-17(21(24)18(13)10-14)20-16-5-3-2-4-15(16)19-11-22-12-23(19)20/h2-6,8,10-12,17,20-21,24H,7,9H2,1H3/t17-,20+,21+/m0/s1. The first kappa shape index (κ1) is 15.2. The number of aryl methyl sites for hydroxylation is 1. The Morgan fingerprint density at radius 3 is 2.92 bits per heavy atom. The van der Waals surface area contributed by atoms with E-state index in [9.17, 15) is 5.11 Å². The summed E-state index contributed by atoms with van der Waals surface area (Å²) < 4.78 is 2.25. The minimum atomic E-state index is -0.442. The first-order valence-electron chi connectivity index (χ1n) is 8.74. The Morgan fingerprint density at radius 1 is 1.16 bits per heavy atom. The van der Waals surface area contributed by atoms with Gasteiger partial charge in [0.1, 0.15) is 0 Å². The van der Waals surface area contributed by atoms with Crippen molar-refractivity contribution in [1.82, 2.24) is 9.55 Å². The molecule has 0 bridgehead atoms. The van der Waals surface area contributed by atoms with E-state index in [2.05, 4.69) is 58.3 Å². The van der Waals surface area contributed by atoms with Crippen LogP contribution in [0.25, 0.3) is 11.3 Å². The SMILES string of the molecule is CSc1ccc2c(c1)[C@H](O)[C@H]([C@H]1c3ccccc3-c3cncn31)CC2. The average molecular weight is 348 g/mol. The van der Waals surface area contributed by atoms with E-state index in [4.69, 9.17) is 0 Å². The van der Waals surface area contributed by atoms with Gasteiger partial charge in [0.05, 0.1) is 30.4 Å². The average Bonchev–Trinajstić information content (AvgIpc) is 3.23. The quantitative estimate of drug-likeness (QED) is 0.694. The molecule has 1 N–H and O–H groups in total. The number of hydrogen-bond donors (Lipinski definition) is 1. The molecule has 3 atom stereocenters. The van der Waals surface area contributed by atoms with Gasteiger partial charge in [-0.2, -0.15) is 0 Å². The van der Waals surface area contributed by atoms with Gasteiger partial charge < -0.3 is 9.67 Å². The predicted molar refractivity (Wildman–Crippen MR) is 101 cm³/mol. The summed E-state index contributed by atoms with van der Waals surface area (Å²) in [4.78, 5) is 5.58. The Kier molecular flexibility index (Phi) is 3.50.